The summed E-state index contributed by atoms with van der Waals surface area (Å²) in [6.07, 6.45) is 3.65. The molecular weight excluding hydrogens is 446 g/mol. The van der Waals surface area contributed by atoms with Gasteiger partial charge in [-0.15, -0.1) is 0 Å². The van der Waals surface area contributed by atoms with E-state index >= 15 is 0 Å². The Balaban J connectivity index is 1.51. The van der Waals surface area contributed by atoms with Gasteiger partial charge in [-0.3, -0.25) is 4.79 Å². The van der Waals surface area contributed by atoms with Gasteiger partial charge in [-0.1, -0.05) is 50.1 Å². The molecule has 0 saturated carbocycles. The van der Waals surface area contributed by atoms with Crippen molar-refractivity contribution in [2.24, 2.45) is 5.92 Å². The third-order valence-electron chi connectivity index (χ3n) is 6.15. The van der Waals surface area contributed by atoms with E-state index in [1.807, 2.05) is 55.5 Å². The van der Waals surface area contributed by atoms with Gasteiger partial charge in [0.25, 0.3) is 0 Å². The molecular formula is C30H29N5O. The van der Waals surface area contributed by atoms with Crippen LogP contribution >= 0.6 is 0 Å². The molecule has 6 nitrogen and oxygen atoms in total. The van der Waals surface area contributed by atoms with Gasteiger partial charge >= 0.3 is 0 Å². The van der Waals surface area contributed by atoms with E-state index in [9.17, 15) is 4.79 Å². The Morgan fingerprint density at radius 1 is 1.06 bits per heavy atom. The predicted molar refractivity (Wildman–Crippen MR) is 141 cm³/mol. The predicted octanol–water partition coefficient (Wildman–Crippen LogP) is 5.22. The minimum absolute atomic E-state index is 0.0226. The minimum Gasteiger partial charge on any atom is -0.306 e. The Morgan fingerprint density at radius 3 is 2.58 bits per heavy atom. The third kappa shape index (κ3) is 5.86. The smallest absolute Gasteiger partial charge is 0.165 e. The molecule has 0 aliphatic rings. The second-order valence-corrected chi connectivity index (χ2v) is 9.01. The van der Waals surface area contributed by atoms with Crippen LogP contribution in [0.3, 0.4) is 0 Å². The Bertz CT molecular complexity index is 1470. The number of imidazole rings is 1. The lowest BCUT2D eigenvalue weighted by atomic mass is 9.95. The minimum atomic E-state index is -0.0226. The van der Waals surface area contributed by atoms with Crippen LogP contribution in [-0.4, -0.2) is 45.4 Å². The third-order valence-corrected chi connectivity index (χ3v) is 6.15. The van der Waals surface area contributed by atoms with E-state index in [0.29, 0.717) is 16.9 Å². The van der Waals surface area contributed by atoms with E-state index < -0.39 is 0 Å². The van der Waals surface area contributed by atoms with Gasteiger partial charge in [0.05, 0.1) is 23.5 Å². The molecule has 0 fully saturated rings. The molecule has 1 atom stereocenters. The fourth-order valence-electron chi connectivity index (χ4n) is 4.04. The zero-order chi connectivity index (χ0) is 25.5. The molecule has 0 saturated heterocycles. The highest BCUT2D eigenvalue weighted by Crippen LogP contribution is 2.21. The standard InChI is InChI=1S/C30H29N5O/c1-4-17-34(3)18-16-22(2)30(36)26-11-9-25(10-12-26)28-14-15-29-32-21-27(35(29)33-28)13-8-23-6-5-7-24(19-23)20-31/h5-7,9-12,14-15,19,21-22H,4,16-18H2,1-3H3. The SMILES string of the molecule is CCCN(C)CCC(C)C(=O)c1ccc(-c2ccc3ncc(C#Cc4cccc(C#N)c4)n3n2)cc1. The molecule has 1 unspecified atom stereocenters. The first kappa shape index (κ1) is 24.9. The van der Waals surface area contributed by atoms with Crippen LogP contribution in [-0.2, 0) is 0 Å². The van der Waals surface area contributed by atoms with Gasteiger partial charge in [-0.25, -0.2) is 9.50 Å². The van der Waals surface area contributed by atoms with Crippen molar-refractivity contribution in [3.05, 3.63) is 89.2 Å². The summed E-state index contributed by atoms with van der Waals surface area (Å²) in [5.74, 6) is 6.34. The van der Waals surface area contributed by atoms with Crippen LogP contribution < -0.4 is 0 Å². The van der Waals surface area contributed by atoms with Crippen LogP contribution in [0.2, 0.25) is 0 Å². The molecule has 0 radical (unpaired) electrons. The first-order valence-corrected chi connectivity index (χ1v) is 12.2. The molecule has 2 aromatic heterocycles. The van der Waals surface area contributed by atoms with Crippen LogP contribution in [0.1, 0.15) is 53.9 Å². The normalized spacial score (nSPS) is 11.6. The maximum Gasteiger partial charge on any atom is 0.165 e. The summed E-state index contributed by atoms with van der Waals surface area (Å²) in [6.45, 7) is 6.13. The van der Waals surface area contributed by atoms with Gasteiger partial charge in [0.1, 0.15) is 5.69 Å². The molecule has 36 heavy (non-hydrogen) atoms. The van der Waals surface area contributed by atoms with Crippen molar-refractivity contribution in [2.45, 2.75) is 26.7 Å². The number of carbonyl (C=O) groups is 1. The van der Waals surface area contributed by atoms with Crippen LogP contribution in [0.5, 0.6) is 0 Å². The molecule has 0 aliphatic heterocycles. The number of carbonyl (C=O) groups excluding carboxylic acids is 1. The van der Waals surface area contributed by atoms with Crippen molar-refractivity contribution in [3.63, 3.8) is 0 Å². The van der Waals surface area contributed by atoms with E-state index in [1.165, 1.54) is 0 Å². The zero-order valence-corrected chi connectivity index (χ0v) is 20.9. The topological polar surface area (TPSA) is 74.3 Å². The average Bonchev–Trinajstić information content (AvgIpc) is 3.32. The molecule has 0 amide bonds. The lowest BCUT2D eigenvalue weighted by molar-refractivity contribution is 0.0917. The number of hydrogen-bond donors (Lipinski definition) is 0. The Morgan fingerprint density at radius 2 is 1.83 bits per heavy atom. The number of ketones is 1. The quantitative estimate of drug-likeness (QED) is 0.258. The summed E-state index contributed by atoms with van der Waals surface area (Å²) in [6, 6.07) is 20.8. The van der Waals surface area contributed by atoms with Gasteiger partial charge in [0.2, 0.25) is 0 Å². The highest BCUT2D eigenvalue weighted by atomic mass is 16.1. The molecule has 0 N–H and O–H groups in total. The van der Waals surface area contributed by atoms with Crippen molar-refractivity contribution in [1.29, 1.82) is 5.26 Å². The van der Waals surface area contributed by atoms with Gasteiger partial charge in [0, 0.05) is 22.6 Å². The number of aromatic nitrogens is 3. The van der Waals surface area contributed by atoms with E-state index in [-0.39, 0.29) is 11.7 Å². The van der Waals surface area contributed by atoms with E-state index in [4.69, 9.17) is 10.4 Å². The van der Waals surface area contributed by atoms with Crippen molar-refractivity contribution in [1.82, 2.24) is 19.5 Å². The number of Topliss-reactive ketones (excluding diaryl/α,β-unsaturated/α-hetero) is 1. The molecule has 2 aromatic carbocycles. The second kappa shape index (κ2) is 11.4. The molecule has 180 valence electrons. The number of rotatable bonds is 8. The fraction of sp³-hybridized carbons (Fsp3) is 0.267. The molecule has 0 spiro atoms. The molecule has 4 rings (SSSR count). The van der Waals surface area contributed by atoms with Crippen molar-refractivity contribution in [3.8, 4) is 29.2 Å². The number of fused-ring (bicyclic) bond motifs is 1. The average molecular weight is 476 g/mol. The van der Waals surface area contributed by atoms with Crippen molar-refractivity contribution in [2.75, 3.05) is 20.1 Å². The first-order valence-electron chi connectivity index (χ1n) is 12.2. The van der Waals surface area contributed by atoms with E-state index in [0.717, 1.165) is 48.3 Å². The first-order chi connectivity index (χ1) is 17.5. The molecule has 0 aliphatic carbocycles. The van der Waals surface area contributed by atoms with Crippen molar-refractivity contribution < 1.29 is 4.79 Å². The summed E-state index contributed by atoms with van der Waals surface area (Å²) in [5, 5.41) is 13.8. The molecule has 0 bridgehead atoms. The summed E-state index contributed by atoms with van der Waals surface area (Å²) < 4.78 is 1.71. The van der Waals surface area contributed by atoms with Crippen LogP contribution in [0.4, 0.5) is 0 Å². The highest BCUT2D eigenvalue weighted by Gasteiger charge is 2.16. The van der Waals surface area contributed by atoms with Gasteiger partial charge in [0.15, 0.2) is 11.4 Å². The maximum atomic E-state index is 12.9. The molecule has 2 heterocycles. The summed E-state index contributed by atoms with van der Waals surface area (Å²) in [5.41, 5.74) is 5.08. The molecule has 6 heteroatoms. The van der Waals surface area contributed by atoms with Crippen molar-refractivity contribution >= 4 is 11.4 Å². The van der Waals surface area contributed by atoms with Gasteiger partial charge < -0.3 is 4.90 Å². The number of hydrogen-bond acceptors (Lipinski definition) is 5. The maximum absolute atomic E-state index is 12.9. The Labute approximate surface area is 212 Å². The van der Waals surface area contributed by atoms with E-state index in [1.54, 1.807) is 22.8 Å². The van der Waals surface area contributed by atoms with Gasteiger partial charge in [-0.05, 0) is 69.2 Å². The van der Waals surface area contributed by atoms with E-state index in [2.05, 4.69) is 41.8 Å². The van der Waals surface area contributed by atoms with Gasteiger partial charge in [-0.2, -0.15) is 10.4 Å². The summed E-state index contributed by atoms with van der Waals surface area (Å²) >= 11 is 0. The monoisotopic (exact) mass is 475 g/mol. The summed E-state index contributed by atoms with van der Waals surface area (Å²) in [4.78, 5) is 19.6. The lowest BCUT2D eigenvalue weighted by Crippen LogP contribution is -2.24. The number of benzene rings is 2. The highest BCUT2D eigenvalue weighted by molar-refractivity contribution is 5.98. The Kier molecular flexibility index (Phi) is 7.90. The fourth-order valence-corrected chi connectivity index (χ4v) is 4.04. The zero-order valence-electron chi connectivity index (χ0n) is 20.9. The second-order valence-electron chi connectivity index (χ2n) is 9.01. The largest absolute Gasteiger partial charge is 0.306 e. The number of nitrogens with zero attached hydrogens (tertiary/aromatic N) is 5. The summed E-state index contributed by atoms with van der Waals surface area (Å²) in [7, 11) is 2.10. The number of nitriles is 1. The lowest BCUT2D eigenvalue weighted by Gasteiger charge is -2.18. The van der Waals surface area contributed by atoms with Crippen LogP contribution in [0, 0.1) is 29.1 Å². The van der Waals surface area contributed by atoms with Crippen LogP contribution in [0.25, 0.3) is 16.9 Å². The van der Waals surface area contributed by atoms with Crippen LogP contribution in [0.15, 0.2) is 66.9 Å². The Hall–Kier alpha value is -4.26. The molecule has 4 aromatic rings.